The highest BCUT2D eigenvalue weighted by molar-refractivity contribution is 7.33. The lowest BCUT2D eigenvalue weighted by molar-refractivity contribution is 0.331. The van der Waals surface area contributed by atoms with Crippen LogP contribution >= 0.6 is 11.3 Å². The molecular formula is C68H79BN2S. The zero-order valence-electron chi connectivity index (χ0n) is 51.3. The van der Waals surface area contributed by atoms with E-state index in [1.165, 1.54) is 87.4 Å². The molecule has 0 radical (unpaired) electrons. The van der Waals surface area contributed by atoms with Crippen molar-refractivity contribution in [2.24, 2.45) is 0 Å². The number of fused-ring (bicyclic) bond motifs is 9. The summed E-state index contributed by atoms with van der Waals surface area (Å²) in [6.45, 7) is 38.4. The molecule has 0 atom stereocenters. The molecule has 0 saturated heterocycles. The van der Waals surface area contributed by atoms with E-state index in [1.54, 1.807) is 0 Å². The van der Waals surface area contributed by atoms with Crippen LogP contribution in [0.25, 0.3) is 21.2 Å². The Labute approximate surface area is 444 Å². The van der Waals surface area contributed by atoms with Crippen molar-refractivity contribution < 1.29 is 6.85 Å². The molecule has 7 aromatic rings. The third-order valence-electron chi connectivity index (χ3n) is 19.0. The molecule has 0 fully saturated rings. The second-order valence-electron chi connectivity index (χ2n) is 27.9. The van der Waals surface area contributed by atoms with Gasteiger partial charge in [0.1, 0.15) is 0 Å². The number of rotatable bonds is 4. The summed E-state index contributed by atoms with van der Waals surface area (Å²) in [5, 5.41) is 1.33. The molecule has 0 bridgehead atoms. The van der Waals surface area contributed by atoms with Gasteiger partial charge < -0.3 is 9.80 Å². The first-order valence-electron chi connectivity index (χ1n) is 29.6. The van der Waals surface area contributed by atoms with Crippen molar-refractivity contribution in [2.75, 3.05) is 9.80 Å². The lowest BCUT2D eigenvalue weighted by Crippen LogP contribution is -2.61. The molecule has 5 aliphatic rings. The van der Waals surface area contributed by atoms with E-state index in [2.05, 4.69) is 193 Å². The van der Waals surface area contributed by atoms with Gasteiger partial charge in [0.05, 0.1) is 12.5 Å². The number of hydrogen-bond acceptors (Lipinski definition) is 3. The average Bonchev–Trinajstić information content (AvgIpc) is 3.99. The first-order chi connectivity index (χ1) is 35.7. The minimum Gasteiger partial charge on any atom is -0.338 e. The van der Waals surface area contributed by atoms with Gasteiger partial charge >= 0.3 is 0 Å². The van der Waals surface area contributed by atoms with Crippen LogP contribution in [0, 0.1) is 6.92 Å². The maximum atomic E-state index is 9.51. The van der Waals surface area contributed by atoms with Crippen LogP contribution in [0.4, 0.5) is 28.4 Å². The van der Waals surface area contributed by atoms with Crippen LogP contribution in [0.3, 0.4) is 0 Å². The Bertz CT molecular complexity index is 3670. The van der Waals surface area contributed by atoms with E-state index < -0.39 is 0 Å². The maximum absolute atomic E-state index is 9.51. The number of thiophene rings is 1. The van der Waals surface area contributed by atoms with Gasteiger partial charge in [0.15, 0.2) is 0 Å². The van der Waals surface area contributed by atoms with E-state index in [9.17, 15) is 2.74 Å². The molecule has 72 heavy (non-hydrogen) atoms. The zero-order chi connectivity index (χ0) is 55.4. The molecule has 370 valence electrons. The molecular weight excluding hydrogens is 888 g/mol. The Balaban J connectivity index is 1.20. The smallest absolute Gasteiger partial charge is 0.264 e. The summed E-state index contributed by atoms with van der Waals surface area (Å²) in [6, 6.07) is 27.9. The highest BCUT2D eigenvalue weighted by Crippen LogP contribution is 2.55. The molecule has 3 heterocycles. The van der Waals surface area contributed by atoms with Gasteiger partial charge in [-0.1, -0.05) is 158 Å². The van der Waals surface area contributed by atoms with E-state index >= 15 is 0 Å². The molecule has 1 aromatic heterocycles. The molecule has 12 rings (SSSR count). The number of anilines is 5. The molecule has 0 unspecified atom stereocenters. The fraction of sp³-hybridized carbons (Fsp3) is 0.441. The summed E-state index contributed by atoms with van der Waals surface area (Å²) < 4.78 is 48.4. The summed E-state index contributed by atoms with van der Waals surface area (Å²) in [7, 11) is 0. The minimum absolute atomic E-state index is 0.00687. The molecule has 3 aliphatic carbocycles. The second kappa shape index (κ2) is 15.5. The van der Waals surface area contributed by atoms with Gasteiger partial charge in [0, 0.05) is 44.2 Å². The third kappa shape index (κ3) is 7.21. The van der Waals surface area contributed by atoms with E-state index in [0.717, 1.165) is 61.0 Å². The zero-order valence-corrected chi connectivity index (χ0v) is 47.1. The number of aryl methyl sites for hydroxylation is 1. The average molecular weight is 972 g/mol. The standard InChI is InChI=1S/C68H79BN2S/c1-41-32-56-59-57(33-41)71(45-24-22-44(23-25-45)62(2,3)4)60-47-36-50-53(68(15,16)31-28-65(50,9)10)39-58(47)72-61(60)69(59)54-37-51-52(67(13,14)30-29-66(51,11)12)38-55(54)70(56)40-43-34-48-49(64(7,8)27-26-63(48,5)6)35-46(43)42-20-18-17-19-21-42/h17-25,32-39H,26-31,40H2,1-16H3/i17D,18D,19D,20D,21D. The predicted octanol–water partition coefficient (Wildman–Crippen LogP) is 17.2. The Morgan fingerprint density at radius 2 is 1.07 bits per heavy atom. The maximum Gasteiger partial charge on any atom is 0.264 e. The predicted molar refractivity (Wildman–Crippen MR) is 315 cm³/mol. The van der Waals surface area contributed by atoms with Gasteiger partial charge in [-0.25, -0.2) is 0 Å². The van der Waals surface area contributed by atoms with Gasteiger partial charge in [-0.15, -0.1) is 11.3 Å². The lowest BCUT2D eigenvalue weighted by atomic mass is 9.35. The summed E-state index contributed by atoms with van der Waals surface area (Å²) in [4.78, 5) is 5.20. The largest absolute Gasteiger partial charge is 0.338 e. The Morgan fingerprint density at radius 3 is 1.64 bits per heavy atom. The summed E-state index contributed by atoms with van der Waals surface area (Å²) in [5.41, 5.74) is 21.0. The monoisotopic (exact) mass is 972 g/mol. The van der Waals surface area contributed by atoms with Crippen LogP contribution < -0.4 is 25.5 Å². The van der Waals surface area contributed by atoms with Crippen LogP contribution in [0.1, 0.15) is 199 Å². The fourth-order valence-electron chi connectivity index (χ4n) is 13.9. The second-order valence-corrected chi connectivity index (χ2v) is 29.0. The van der Waals surface area contributed by atoms with Gasteiger partial charge in [-0.05, 0) is 204 Å². The SMILES string of the molecule is [2H]c1c([2H])c([2H])c(-c2cc3c(cc2CN2c4cc5c(cc4B4c6sc7cc8c(cc7c6N(c6ccc(C(C)(C)C)cc6)c6cc(C)cc2c64)C(C)(C)CCC8(C)C)C(C)(C)CCC5(C)C)C(C)(C)CCC3(C)C)c([2H])c1[2H]. The van der Waals surface area contributed by atoms with Crippen LogP contribution in [0.5, 0.6) is 0 Å². The highest BCUT2D eigenvalue weighted by atomic mass is 32.1. The molecule has 0 N–H and O–H groups in total. The number of benzene rings is 6. The van der Waals surface area contributed by atoms with Gasteiger partial charge in [-0.2, -0.15) is 0 Å². The topological polar surface area (TPSA) is 6.48 Å². The van der Waals surface area contributed by atoms with Crippen molar-refractivity contribution in [2.45, 2.75) is 194 Å². The van der Waals surface area contributed by atoms with E-state index in [0.29, 0.717) is 6.54 Å². The number of hydrogen-bond donors (Lipinski definition) is 0. The Morgan fingerprint density at radius 1 is 0.569 bits per heavy atom. The summed E-state index contributed by atoms with van der Waals surface area (Å²) >= 11 is 2.00. The van der Waals surface area contributed by atoms with Crippen molar-refractivity contribution in [1.82, 2.24) is 0 Å². The van der Waals surface area contributed by atoms with Crippen LogP contribution in [-0.4, -0.2) is 6.71 Å². The summed E-state index contributed by atoms with van der Waals surface area (Å²) in [5.74, 6) is 0. The fourth-order valence-corrected chi connectivity index (χ4v) is 15.3. The molecule has 2 aliphatic heterocycles. The quantitative estimate of drug-likeness (QED) is 0.162. The Kier molecular flexibility index (Phi) is 9.11. The van der Waals surface area contributed by atoms with Crippen molar-refractivity contribution in [3.63, 3.8) is 0 Å². The molecule has 6 aromatic carbocycles. The first kappa shape index (κ1) is 42.3. The minimum atomic E-state index is -0.367. The summed E-state index contributed by atoms with van der Waals surface area (Å²) in [6.07, 6.45) is 6.52. The van der Waals surface area contributed by atoms with E-state index in [1.807, 2.05) is 11.3 Å². The molecule has 0 saturated carbocycles. The normalized spacial score (nSPS) is 21.2. The highest BCUT2D eigenvalue weighted by Gasteiger charge is 2.49. The lowest BCUT2D eigenvalue weighted by Gasteiger charge is -2.47. The van der Waals surface area contributed by atoms with Crippen LogP contribution in [0.2, 0.25) is 0 Å². The van der Waals surface area contributed by atoms with E-state index in [4.69, 9.17) is 4.11 Å². The molecule has 0 spiro atoms. The van der Waals surface area contributed by atoms with Crippen molar-refractivity contribution in [3.05, 3.63) is 153 Å². The molecule has 4 heteroatoms. The first-order valence-corrected chi connectivity index (χ1v) is 27.9. The Hall–Kier alpha value is -5.06. The van der Waals surface area contributed by atoms with Crippen LogP contribution in [-0.2, 0) is 44.4 Å². The van der Waals surface area contributed by atoms with Crippen molar-refractivity contribution >= 4 is 72.3 Å². The van der Waals surface area contributed by atoms with Gasteiger partial charge in [-0.3, -0.25) is 0 Å². The molecule has 2 nitrogen and oxygen atoms in total. The van der Waals surface area contributed by atoms with Crippen LogP contribution in [0.15, 0.2) is 103 Å². The van der Waals surface area contributed by atoms with Crippen molar-refractivity contribution in [1.29, 1.82) is 0 Å². The third-order valence-corrected chi connectivity index (χ3v) is 20.2. The van der Waals surface area contributed by atoms with Crippen molar-refractivity contribution in [3.8, 4) is 11.1 Å². The van der Waals surface area contributed by atoms with E-state index in [-0.39, 0.29) is 80.4 Å². The van der Waals surface area contributed by atoms with Gasteiger partial charge in [0.2, 0.25) is 0 Å². The molecule has 0 amide bonds. The number of nitrogens with zero attached hydrogens (tertiary/aromatic N) is 2. The van der Waals surface area contributed by atoms with Gasteiger partial charge in [0.25, 0.3) is 6.71 Å².